The van der Waals surface area contributed by atoms with Crippen LogP contribution in [0.25, 0.3) is 33.4 Å². The van der Waals surface area contributed by atoms with Crippen LogP contribution in [-0.4, -0.2) is 9.97 Å². The van der Waals surface area contributed by atoms with Crippen molar-refractivity contribution in [1.29, 1.82) is 0 Å². The second-order valence-corrected chi connectivity index (χ2v) is 5.96. The summed E-state index contributed by atoms with van der Waals surface area (Å²) in [5.41, 5.74) is 6.93. The van der Waals surface area contributed by atoms with Gasteiger partial charge in [0.05, 0.1) is 11.9 Å². The Morgan fingerprint density at radius 2 is 1.79 bits per heavy atom. The summed E-state index contributed by atoms with van der Waals surface area (Å²) in [7, 11) is 2.12. The Kier molecular flexibility index (Phi) is 3.54. The quantitative estimate of drug-likeness (QED) is 0.522. The lowest BCUT2D eigenvalue weighted by Crippen LogP contribution is -2.32. The molecule has 116 valence electrons. The molecule has 0 unspecified atom stereocenters. The summed E-state index contributed by atoms with van der Waals surface area (Å²) < 4.78 is 2.25. The van der Waals surface area contributed by atoms with Crippen LogP contribution in [0.3, 0.4) is 0 Å². The van der Waals surface area contributed by atoms with Gasteiger partial charge < -0.3 is 0 Å². The number of hydrogen-bond donors (Lipinski definition) is 0. The first-order valence-corrected chi connectivity index (χ1v) is 7.99. The summed E-state index contributed by atoms with van der Waals surface area (Å²) in [6, 6.07) is 19.3. The topological polar surface area (TPSA) is 29.7 Å². The molecule has 0 atom stereocenters. The van der Waals surface area contributed by atoms with Gasteiger partial charge in [-0.3, -0.25) is 9.97 Å². The minimum atomic E-state index is 0.894. The molecule has 2 aromatic heterocycles. The molecule has 24 heavy (non-hydrogen) atoms. The molecule has 0 saturated heterocycles. The molecule has 3 nitrogen and oxygen atoms in total. The average molecular weight is 312 g/mol. The lowest BCUT2D eigenvalue weighted by Gasteiger charge is -2.07. The monoisotopic (exact) mass is 312 g/mol. The van der Waals surface area contributed by atoms with Crippen molar-refractivity contribution < 1.29 is 4.57 Å². The van der Waals surface area contributed by atoms with Crippen LogP contribution >= 0.6 is 0 Å². The van der Waals surface area contributed by atoms with E-state index in [1.807, 2.05) is 0 Å². The average Bonchev–Trinajstić information content (AvgIpc) is 2.63. The van der Waals surface area contributed by atoms with E-state index in [9.17, 15) is 0 Å². The van der Waals surface area contributed by atoms with E-state index in [1.54, 1.807) is 18.6 Å². The smallest absolute Gasteiger partial charge is 0.213 e. The van der Waals surface area contributed by atoms with Crippen LogP contribution in [0.5, 0.6) is 0 Å². The summed E-state index contributed by atoms with van der Waals surface area (Å²) in [5, 5.41) is 1.19. The Morgan fingerprint density at radius 3 is 2.58 bits per heavy atom. The van der Waals surface area contributed by atoms with Crippen LogP contribution in [0.1, 0.15) is 5.56 Å². The van der Waals surface area contributed by atoms with Gasteiger partial charge in [0.25, 0.3) is 0 Å². The van der Waals surface area contributed by atoms with Crippen LogP contribution in [0.4, 0.5) is 0 Å². The van der Waals surface area contributed by atoms with Gasteiger partial charge in [-0.15, -0.1) is 0 Å². The van der Waals surface area contributed by atoms with E-state index in [0.717, 1.165) is 11.3 Å². The number of aromatic nitrogens is 3. The zero-order valence-corrected chi connectivity index (χ0v) is 13.8. The van der Waals surface area contributed by atoms with Crippen molar-refractivity contribution in [1.82, 2.24) is 9.97 Å². The molecule has 0 aliphatic carbocycles. The van der Waals surface area contributed by atoms with Crippen molar-refractivity contribution in [2.24, 2.45) is 7.05 Å². The number of nitrogens with zero attached hydrogens (tertiary/aromatic N) is 3. The van der Waals surface area contributed by atoms with E-state index in [4.69, 9.17) is 0 Å². The predicted octanol–water partition coefficient (Wildman–Crippen LogP) is 4.10. The molecule has 0 bridgehead atoms. The maximum absolute atomic E-state index is 4.39. The summed E-state index contributed by atoms with van der Waals surface area (Å²) in [4.78, 5) is 8.54. The number of fused-ring (bicyclic) bond motifs is 1. The minimum Gasteiger partial charge on any atom is -0.261 e. The minimum absolute atomic E-state index is 0.894. The molecule has 4 rings (SSSR count). The predicted molar refractivity (Wildman–Crippen MR) is 96.3 cm³/mol. The largest absolute Gasteiger partial charge is 0.261 e. The van der Waals surface area contributed by atoms with Crippen molar-refractivity contribution in [3.63, 3.8) is 0 Å². The number of pyridine rings is 1. The molecule has 0 spiro atoms. The molecule has 0 saturated carbocycles. The van der Waals surface area contributed by atoms with Gasteiger partial charge in [-0.05, 0) is 36.8 Å². The van der Waals surface area contributed by atoms with Crippen LogP contribution < -0.4 is 4.57 Å². The standard InChI is InChI=1S/C21H18N3/c1-15-5-3-4-6-18(15)21-10-8-17-13-16(7-9-20(17)24(21)2)19-14-22-11-12-23-19/h3-14H,1-2H3/q+1. The molecule has 2 heterocycles. The lowest BCUT2D eigenvalue weighted by molar-refractivity contribution is -0.633. The second-order valence-electron chi connectivity index (χ2n) is 5.96. The van der Waals surface area contributed by atoms with Crippen LogP contribution in [0, 0.1) is 6.92 Å². The third-order valence-corrected chi connectivity index (χ3v) is 4.45. The van der Waals surface area contributed by atoms with Crippen molar-refractivity contribution in [2.75, 3.05) is 0 Å². The summed E-state index contributed by atoms with van der Waals surface area (Å²) in [6.07, 6.45) is 5.21. The Labute approximate surface area is 141 Å². The Bertz CT molecular complexity index is 1020. The number of benzene rings is 2. The van der Waals surface area contributed by atoms with E-state index < -0.39 is 0 Å². The zero-order chi connectivity index (χ0) is 16.5. The molecular weight excluding hydrogens is 294 g/mol. The van der Waals surface area contributed by atoms with Gasteiger partial charge >= 0.3 is 0 Å². The molecule has 3 heteroatoms. The zero-order valence-electron chi connectivity index (χ0n) is 13.8. The van der Waals surface area contributed by atoms with Gasteiger partial charge in [-0.25, -0.2) is 0 Å². The van der Waals surface area contributed by atoms with Crippen LogP contribution in [0.15, 0.2) is 73.2 Å². The van der Waals surface area contributed by atoms with Gasteiger partial charge in [0.1, 0.15) is 7.05 Å². The van der Waals surface area contributed by atoms with Gasteiger partial charge in [0.15, 0.2) is 0 Å². The van der Waals surface area contributed by atoms with E-state index >= 15 is 0 Å². The molecular formula is C21H18N3+. The van der Waals surface area contributed by atoms with E-state index in [2.05, 4.69) is 83.1 Å². The fourth-order valence-electron chi connectivity index (χ4n) is 3.14. The van der Waals surface area contributed by atoms with Gasteiger partial charge in [-0.2, -0.15) is 4.57 Å². The van der Waals surface area contributed by atoms with E-state index in [1.165, 1.54) is 27.7 Å². The molecule has 4 aromatic rings. The van der Waals surface area contributed by atoms with Crippen LogP contribution in [0.2, 0.25) is 0 Å². The summed E-state index contributed by atoms with van der Waals surface area (Å²) in [5.74, 6) is 0. The Hall–Kier alpha value is -3.07. The van der Waals surface area contributed by atoms with Gasteiger partial charge in [0, 0.05) is 41.0 Å². The Balaban J connectivity index is 1.88. The third kappa shape index (κ3) is 2.44. The molecule has 0 aliphatic rings. The first kappa shape index (κ1) is 14.5. The highest BCUT2D eigenvalue weighted by Gasteiger charge is 2.15. The van der Waals surface area contributed by atoms with Crippen molar-refractivity contribution in [3.05, 3.63) is 78.8 Å². The molecule has 0 amide bonds. The van der Waals surface area contributed by atoms with E-state index in [0.29, 0.717) is 0 Å². The fourth-order valence-corrected chi connectivity index (χ4v) is 3.14. The van der Waals surface area contributed by atoms with Crippen molar-refractivity contribution >= 4 is 10.9 Å². The maximum atomic E-state index is 4.39. The van der Waals surface area contributed by atoms with E-state index in [-0.39, 0.29) is 0 Å². The van der Waals surface area contributed by atoms with Crippen LogP contribution in [-0.2, 0) is 7.05 Å². The molecule has 0 radical (unpaired) electrons. The van der Waals surface area contributed by atoms with Crippen molar-refractivity contribution in [3.8, 4) is 22.5 Å². The normalized spacial score (nSPS) is 10.9. The molecule has 2 aromatic carbocycles. The first-order chi connectivity index (χ1) is 11.7. The fraction of sp³-hybridized carbons (Fsp3) is 0.0952. The number of rotatable bonds is 2. The highest BCUT2D eigenvalue weighted by Crippen LogP contribution is 2.25. The molecule has 0 fully saturated rings. The SMILES string of the molecule is Cc1ccccc1-c1ccc2cc(-c3cnccn3)ccc2[n+]1C. The molecule has 0 N–H and O–H groups in total. The molecule has 0 aliphatic heterocycles. The number of hydrogen-bond acceptors (Lipinski definition) is 2. The summed E-state index contributed by atoms with van der Waals surface area (Å²) in [6.45, 7) is 2.15. The highest BCUT2D eigenvalue weighted by atomic mass is 14.9. The summed E-state index contributed by atoms with van der Waals surface area (Å²) >= 11 is 0. The Morgan fingerprint density at radius 1 is 0.917 bits per heavy atom. The van der Waals surface area contributed by atoms with Gasteiger partial charge in [-0.1, -0.05) is 18.2 Å². The maximum Gasteiger partial charge on any atom is 0.213 e. The van der Waals surface area contributed by atoms with Crippen molar-refractivity contribution in [2.45, 2.75) is 6.92 Å². The number of aryl methyl sites for hydroxylation is 2. The first-order valence-electron chi connectivity index (χ1n) is 7.99. The van der Waals surface area contributed by atoms with Gasteiger partial charge in [0.2, 0.25) is 11.2 Å². The lowest BCUT2D eigenvalue weighted by atomic mass is 10.0. The third-order valence-electron chi connectivity index (χ3n) is 4.45. The second kappa shape index (κ2) is 5.85. The highest BCUT2D eigenvalue weighted by molar-refractivity contribution is 5.83.